The number of rotatable bonds is 5. The summed E-state index contributed by atoms with van der Waals surface area (Å²) in [6.07, 6.45) is 3.18. The number of amides is 1. The average molecular weight is 292 g/mol. The Morgan fingerprint density at radius 1 is 1.48 bits per heavy atom. The topological polar surface area (TPSA) is 50.4 Å². The van der Waals surface area contributed by atoms with Gasteiger partial charge in [-0.2, -0.15) is 0 Å². The fourth-order valence-electron chi connectivity index (χ4n) is 2.69. The van der Waals surface area contributed by atoms with Crippen molar-refractivity contribution < 1.29 is 13.9 Å². The van der Waals surface area contributed by atoms with E-state index in [1.807, 2.05) is 6.92 Å². The van der Waals surface area contributed by atoms with Crippen molar-refractivity contribution in [3.8, 4) is 0 Å². The lowest BCUT2D eigenvalue weighted by molar-refractivity contribution is -0.117. The molecule has 2 fully saturated rings. The second-order valence-electron chi connectivity index (χ2n) is 6.02. The minimum atomic E-state index is -0.352. The predicted octanol–water partition coefficient (Wildman–Crippen LogP) is 3.01. The monoisotopic (exact) mass is 292 g/mol. The maximum absolute atomic E-state index is 14.0. The molecule has 1 saturated carbocycles. The molecule has 0 radical (unpaired) electrons. The number of nitrogens with one attached hydrogen (secondary N) is 2. The van der Waals surface area contributed by atoms with E-state index in [1.165, 1.54) is 6.07 Å². The van der Waals surface area contributed by atoms with Gasteiger partial charge in [-0.25, -0.2) is 4.39 Å². The molecule has 1 heterocycles. The molecule has 1 aromatic carbocycles. The fourth-order valence-corrected chi connectivity index (χ4v) is 2.69. The molecule has 2 N–H and O–H groups in total. The van der Waals surface area contributed by atoms with Crippen LogP contribution in [0, 0.1) is 17.7 Å². The van der Waals surface area contributed by atoms with E-state index in [4.69, 9.17) is 4.74 Å². The van der Waals surface area contributed by atoms with Crippen LogP contribution in [0.25, 0.3) is 0 Å². The van der Waals surface area contributed by atoms with E-state index in [2.05, 4.69) is 10.6 Å². The molecule has 1 saturated heterocycles. The Morgan fingerprint density at radius 3 is 2.90 bits per heavy atom. The van der Waals surface area contributed by atoms with Gasteiger partial charge in [-0.05, 0) is 43.4 Å². The van der Waals surface area contributed by atoms with Crippen molar-refractivity contribution in [2.24, 2.45) is 11.8 Å². The number of hydrogen-bond acceptors (Lipinski definition) is 3. The molecule has 0 unspecified atom stereocenters. The van der Waals surface area contributed by atoms with Crippen molar-refractivity contribution in [2.75, 3.05) is 23.8 Å². The highest BCUT2D eigenvalue weighted by Crippen LogP contribution is 2.38. The highest BCUT2D eigenvalue weighted by atomic mass is 19.1. The van der Waals surface area contributed by atoms with E-state index in [0.717, 1.165) is 25.9 Å². The lowest BCUT2D eigenvalue weighted by Crippen LogP contribution is -2.19. The van der Waals surface area contributed by atoms with E-state index >= 15 is 0 Å². The second kappa shape index (κ2) is 6.02. The SMILES string of the molecule is C[C@@H]1C[C@H]1C(=O)Nc1ccc(NC[C@@H]2CCCO2)c(F)c1. The molecule has 1 amide bonds. The first kappa shape index (κ1) is 14.3. The maximum atomic E-state index is 14.0. The molecule has 0 spiro atoms. The zero-order valence-electron chi connectivity index (χ0n) is 12.2. The maximum Gasteiger partial charge on any atom is 0.227 e. The number of halogens is 1. The third-order valence-electron chi connectivity index (χ3n) is 4.23. The van der Waals surface area contributed by atoms with Crippen molar-refractivity contribution in [1.29, 1.82) is 0 Å². The molecule has 0 aromatic heterocycles. The van der Waals surface area contributed by atoms with Crippen LogP contribution in [0.1, 0.15) is 26.2 Å². The standard InChI is InChI=1S/C16H21FN2O2/c1-10-7-13(10)16(20)19-11-4-5-15(14(17)8-11)18-9-12-3-2-6-21-12/h4-5,8,10,12-13,18H,2-3,6-7,9H2,1H3,(H,19,20)/t10-,12+,13-/m1/s1. The number of anilines is 2. The quantitative estimate of drug-likeness (QED) is 0.877. The van der Waals surface area contributed by atoms with Crippen molar-refractivity contribution in [2.45, 2.75) is 32.3 Å². The Morgan fingerprint density at radius 2 is 2.29 bits per heavy atom. The molecular formula is C16H21FN2O2. The van der Waals surface area contributed by atoms with E-state index in [1.54, 1.807) is 12.1 Å². The first-order valence-electron chi connectivity index (χ1n) is 7.59. The van der Waals surface area contributed by atoms with Gasteiger partial charge in [0.05, 0.1) is 11.8 Å². The van der Waals surface area contributed by atoms with Crippen LogP contribution >= 0.6 is 0 Å². The van der Waals surface area contributed by atoms with Crippen LogP contribution in [-0.2, 0) is 9.53 Å². The van der Waals surface area contributed by atoms with Gasteiger partial charge in [0.25, 0.3) is 0 Å². The molecule has 0 bridgehead atoms. The Kier molecular flexibility index (Phi) is 4.10. The van der Waals surface area contributed by atoms with Crippen LogP contribution in [0.4, 0.5) is 15.8 Å². The first-order valence-corrected chi connectivity index (χ1v) is 7.59. The lowest BCUT2D eigenvalue weighted by atomic mass is 10.2. The third-order valence-corrected chi connectivity index (χ3v) is 4.23. The Hall–Kier alpha value is -1.62. The average Bonchev–Trinajstić information content (AvgIpc) is 2.98. The Balaban J connectivity index is 1.55. The summed E-state index contributed by atoms with van der Waals surface area (Å²) in [5.41, 5.74) is 0.961. The van der Waals surface area contributed by atoms with Gasteiger partial charge in [0.1, 0.15) is 5.82 Å². The number of carbonyl (C=O) groups excluding carboxylic acids is 1. The molecule has 2 aliphatic rings. The van der Waals surface area contributed by atoms with Gasteiger partial charge >= 0.3 is 0 Å². The smallest absolute Gasteiger partial charge is 0.227 e. The number of hydrogen-bond donors (Lipinski definition) is 2. The molecule has 5 heteroatoms. The molecule has 4 nitrogen and oxygen atoms in total. The summed E-state index contributed by atoms with van der Waals surface area (Å²) in [7, 11) is 0. The molecule has 3 rings (SSSR count). The summed E-state index contributed by atoms with van der Waals surface area (Å²) in [5, 5.41) is 5.83. The largest absolute Gasteiger partial charge is 0.380 e. The molecule has 3 atom stereocenters. The van der Waals surface area contributed by atoms with Crippen LogP contribution in [0.15, 0.2) is 18.2 Å². The summed E-state index contributed by atoms with van der Waals surface area (Å²) in [6, 6.07) is 4.75. The number of ether oxygens (including phenoxy) is 1. The molecule has 1 aliphatic carbocycles. The molecule has 21 heavy (non-hydrogen) atoms. The van der Waals surface area contributed by atoms with Crippen molar-refractivity contribution in [3.63, 3.8) is 0 Å². The van der Waals surface area contributed by atoms with Crippen LogP contribution < -0.4 is 10.6 Å². The zero-order valence-corrected chi connectivity index (χ0v) is 12.2. The summed E-state index contributed by atoms with van der Waals surface area (Å²) >= 11 is 0. The van der Waals surface area contributed by atoms with E-state index < -0.39 is 0 Å². The minimum Gasteiger partial charge on any atom is -0.380 e. The molecule has 114 valence electrons. The van der Waals surface area contributed by atoms with Gasteiger partial charge in [-0.1, -0.05) is 6.92 Å². The first-order chi connectivity index (χ1) is 10.1. The third kappa shape index (κ3) is 3.53. The second-order valence-corrected chi connectivity index (χ2v) is 6.02. The van der Waals surface area contributed by atoms with E-state index in [-0.39, 0.29) is 23.7 Å². The van der Waals surface area contributed by atoms with Crippen LogP contribution in [-0.4, -0.2) is 25.2 Å². The van der Waals surface area contributed by atoms with E-state index in [9.17, 15) is 9.18 Å². The number of benzene rings is 1. The molecule has 1 aromatic rings. The van der Waals surface area contributed by atoms with Gasteiger partial charge in [-0.3, -0.25) is 4.79 Å². The van der Waals surface area contributed by atoms with Crippen LogP contribution in [0.2, 0.25) is 0 Å². The zero-order chi connectivity index (χ0) is 14.8. The summed E-state index contributed by atoms with van der Waals surface area (Å²) < 4.78 is 19.5. The van der Waals surface area contributed by atoms with Gasteiger partial charge in [0, 0.05) is 24.8 Å². The van der Waals surface area contributed by atoms with Crippen LogP contribution in [0.3, 0.4) is 0 Å². The van der Waals surface area contributed by atoms with Gasteiger partial charge in [0.15, 0.2) is 0 Å². The van der Waals surface area contributed by atoms with Crippen molar-refractivity contribution in [3.05, 3.63) is 24.0 Å². The Bertz CT molecular complexity index is 529. The molecular weight excluding hydrogens is 271 g/mol. The fraction of sp³-hybridized carbons (Fsp3) is 0.562. The Labute approximate surface area is 124 Å². The van der Waals surface area contributed by atoms with Crippen molar-refractivity contribution >= 4 is 17.3 Å². The normalized spacial score (nSPS) is 27.4. The minimum absolute atomic E-state index is 0.0121. The summed E-state index contributed by atoms with van der Waals surface area (Å²) in [4.78, 5) is 11.8. The molecule has 1 aliphatic heterocycles. The van der Waals surface area contributed by atoms with Crippen molar-refractivity contribution in [1.82, 2.24) is 0 Å². The summed E-state index contributed by atoms with van der Waals surface area (Å²) in [5.74, 6) is 0.171. The van der Waals surface area contributed by atoms with Gasteiger partial charge < -0.3 is 15.4 Å². The summed E-state index contributed by atoms with van der Waals surface area (Å²) in [6.45, 7) is 3.45. The van der Waals surface area contributed by atoms with Crippen LogP contribution in [0.5, 0.6) is 0 Å². The highest BCUT2D eigenvalue weighted by Gasteiger charge is 2.39. The van der Waals surface area contributed by atoms with E-state index in [0.29, 0.717) is 23.8 Å². The van der Waals surface area contributed by atoms with Gasteiger partial charge in [0.2, 0.25) is 5.91 Å². The number of carbonyl (C=O) groups is 1. The lowest BCUT2D eigenvalue weighted by Gasteiger charge is -2.13. The van der Waals surface area contributed by atoms with Gasteiger partial charge in [-0.15, -0.1) is 0 Å². The highest BCUT2D eigenvalue weighted by molar-refractivity contribution is 5.94. The predicted molar refractivity (Wildman–Crippen MR) is 79.8 cm³/mol.